The number of esters is 1. The van der Waals surface area contributed by atoms with Crippen molar-refractivity contribution in [3.8, 4) is 11.8 Å². The first-order valence-electron chi connectivity index (χ1n) is 8.78. The summed E-state index contributed by atoms with van der Waals surface area (Å²) in [6.07, 6.45) is 1.76. The average Bonchev–Trinajstić information content (AvgIpc) is 2.76. The first-order valence-corrected chi connectivity index (χ1v) is 8.78. The zero-order valence-electron chi connectivity index (χ0n) is 15.5. The van der Waals surface area contributed by atoms with Gasteiger partial charge in [-0.2, -0.15) is 5.26 Å². The molecule has 0 amide bonds. The Morgan fingerprint density at radius 1 is 0.964 bits per heavy atom. The largest absolute Gasteiger partial charge is 0.496 e. The third kappa shape index (κ3) is 4.46. The number of nitrogens with zero attached hydrogens (tertiary/aromatic N) is 1. The van der Waals surface area contributed by atoms with Gasteiger partial charge in [0.1, 0.15) is 12.4 Å². The van der Waals surface area contributed by atoms with Crippen LogP contribution in [0.2, 0.25) is 0 Å². The third-order valence-corrected chi connectivity index (χ3v) is 4.24. The van der Waals surface area contributed by atoms with Crippen LogP contribution in [0.15, 0.2) is 78.9 Å². The van der Waals surface area contributed by atoms with Gasteiger partial charge in [-0.25, -0.2) is 4.79 Å². The molecule has 0 unspecified atom stereocenters. The van der Waals surface area contributed by atoms with Gasteiger partial charge in [-0.15, -0.1) is 0 Å². The molecule has 0 aliphatic rings. The van der Waals surface area contributed by atoms with Crippen molar-refractivity contribution < 1.29 is 14.3 Å². The molecule has 0 atom stereocenters. The van der Waals surface area contributed by atoms with E-state index in [1.807, 2.05) is 60.7 Å². The number of carbonyl (C=O) groups excluding carboxylic acids is 1. The van der Waals surface area contributed by atoms with Crippen LogP contribution >= 0.6 is 0 Å². The summed E-state index contributed by atoms with van der Waals surface area (Å²) in [4.78, 5) is 12.9. The molecule has 0 saturated carbocycles. The Hall–Kier alpha value is -3.84. The number of nitriles is 1. The molecule has 0 heterocycles. The van der Waals surface area contributed by atoms with Gasteiger partial charge in [0.05, 0.1) is 24.3 Å². The average molecular weight is 369 g/mol. The van der Waals surface area contributed by atoms with Crippen LogP contribution in [-0.4, -0.2) is 13.1 Å². The molecule has 0 N–H and O–H groups in total. The lowest BCUT2D eigenvalue weighted by Gasteiger charge is -2.11. The zero-order valence-corrected chi connectivity index (χ0v) is 15.5. The monoisotopic (exact) mass is 369 g/mol. The van der Waals surface area contributed by atoms with Crippen molar-refractivity contribution in [1.82, 2.24) is 0 Å². The van der Waals surface area contributed by atoms with Crippen LogP contribution in [0, 0.1) is 11.3 Å². The SMILES string of the molecule is COc1ccccc1C=C(C(=O)OCc1ccccc1C#N)c1ccccc1. The van der Waals surface area contributed by atoms with E-state index in [0.717, 1.165) is 11.1 Å². The minimum atomic E-state index is -0.468. The normalized spacial score (nSPS) is 10.8. The van der Waals surface area contributed by atoms with Gasteiger partial charge in [-0.1, -0.05) is 66.7 Å². The number of carbonyl (C=O) groups is 1. The van der Waals surface area contributed by atoms with Crippen molar-refractivity contribution in [2.75, 3.05) is 7.11 Å². The maximum absolute atomic E-state index is 12.9. The van der Waals surface area contributed by atoms with Gasteiger partial charge in [0.25, 0.3) is 0 Å². The highest BCUT2D eigenvalue weighted by Gasteiger charge is 2.16. The topological polar surface area (TPSA) is 59.3 Å². The lowest BCUT2D eigenvalue weighted by atomic mass is 10.0. The molecule has 0 bridgehead atoms. The van der Waals surface area contributed by atoms with E-state index in [0.29, 0.717) is 22.4 Å². The van der Waals surface area contributed by atoms with Crippen LogP contribution < -0.4 is 4.74 Å². The summed E-state index contributed by atoms with van der Waals surface area (Å²) in [5, 5.41) is 9.21. The molecule has 4 nitrogen and oxygen atoms in total. The Labute approximate surface area is 164 Å². The summed E-state index contributed by atoms with van der Waals surface area (Å²) in [7, 11) is 1.59. The zero-order chi connectivity index (χ0) is 19.8. The second-order valence-electron chi connectivity index (χ2n) is 6.01. The van der Waals surface area contributed by atoms with Crippen molar-refractivity contribution in [2.45, 2.75) is 6.61 Å². The van der Waals surface area contributed by atoms with E-state index >= 15 is 0 Å². The summed E-state index contributed by atoms with van der Waals surface area (Å²) in [6, 6.07) is 26.0. The number of ether oxygens (including phenoxy) is 2. The molecule has 3 aromatic rings. The van der Waals surface area contributed by atoms with Crippen molar-refractivity contribution in [2.24, 2.45) is 0 Å². The number of benzene rings is 3. The lowest BCUT2D eigenvalue weighted by molar-refractivity contribution is -0.137. The fraction of sp³-hybridized carbons (Fsp3) is 0.0833. The Bertz CT molecular complexity index is 1030. The Kier molecular flexibility index (Phi) is 6.22. The van der Waals surface area contributed by atoms with E-state index < -0.39 is 5.97 Å². The Morgan fingerprint density at radius 2 is 1.64 bits per heavy atom. The lowest BCUT2D eigenvalue weighted by Crippen LogP contribution is -2.08. The summed E-state index contributed by atoms with van der Waals surface area (Å²) in [6.45, 7) is 0.0265. The number of para-hydroxylation sites is 1. The number of hydrogen-bond acceptors (Lipinski definition) is 4. The second kappa shape index (κ2) is 9.20. The molecule has 0 saturated heterocycles. The molecule has 4 heteroatoms. The third-order valence-electron chi connectivity index (χ3n) is 4.24. The number of methoxy groups -OCH3 is 1. The molecule has 0 aliphatic heterocycles. The van der Waals surface area contributed by atoms with Crippen molar-refractivity contribution in [3.63, 3.8) is 0 Å². The maximum Gasteiger partial charge on any atom is 0.339 e. The van der Waals surface area contributed by atoms with Gasteiger partial charge in [0, 0.05) is 11.1 Å². The van der Waals surface area contributed by atoms with Gasteiger partial charge in [0.2, 0.25) is 0 Å². The molecule has 0 spiro atoms. The van der Waals surface area contributed by atoms with Crippen molar-refractivity contribution in [3.05, 3.63) is 101 Å². The first-order chi connectivity index (χ1) is 13.7. The van der Waals surface area contributed by atoms with Crippen molar-refractivity contribution in [1.29, 1.82) is 5.26 Å². The first kappa shape index (κ1) is 18.9. The molecule has 3 rings (SSSR count). The molecule has 138 valence electrons. The van der Waals surface area contributed by atoms with Crippen LogP contribution in [0.4, 0.5) is 0 Å². The van der Waals surface area contributed by atoms with E-state index in [-0.39, 0.29) is 6.61 Å². The molecular formula is C24H19NO3. The second-order valence-corrected chi connectivity index (χ2v) is 6.01. The van der Waals surface area contributed by atoms with Crippen LogP contribution in [0.1, 0.15) is 22.3 Å². The smallest absolute Gasteiger partial charge is 0.339 e. The highest BCUT2D eigenvalue weighted by molar-refractivity contribution is 6.21. The molecular weight excluding hydrogens is 350 g/mol. The van der Waals surface area contributed by atoms with Gasteiger partial charge in [0.15, 0.2) is 0 Å². The minimum Gasteiger partial charge on any atom is -0.496 e. The van der Waals surface area contributed by atoms with Gasteiger partial charge >= 0.3 is 5.97 Å². The Morgan fingerprint density at radius 3 is 2.39 bits per heavy atom. The molecule has 0 fully saturated rings. The quantitative estimate of drug-likeness (QED) is 0.354. The summed E-state index contributed by atoms with van der Waals surface area (Å²) in [5.41, 5.74) is 3.10. The minimum absolute atomic E-state index is 0.0265. The van der Waals surface area contributed by atoms with Crippen LogP contribution in [0.25, 0.3) is 11.6 Å². The van der Waals surface area contributed by atoms with E-state index in [2.05, 4.69) is 6.07 Å². The van der Waals surface area contributed by atoms with E-state index in [1.54, 1.807) is 31.4 Å². The predicted octanol–water partition coefficient (Wildman–Crippen LogP) is 4.85. The fourth-order valence-corrected chi connectivity index (χ4v) is 2.80. The number of rotatable bonds is 6. The van der Waals surface area contributed by atoms with Crippen LogP contribution in [0.5, 0.6) is 5.75 Å². The summed E-state index contributed by atoms with van der Waals surface area (Å²) in [5.74, 6) is 0.198. The standard InChI is InChI=1S/C24H19NO3/c1-27-23-14-8-7-11-19(23)15-22(18-9-3-2-4-10-18)24(26)28-17-21-13-6-5-12-20(21)16-25/h2-15H,17H2,1H3. The fourth-order valence-electron chi connectivity index (χ4n) is 2.80. The summed E-state index contributed by atoms with van der Waals surface area (Å²) < 4.78 is 10.9. The number of hydrogen-bond donors (Lipinski definition) is 0. The molecule has 0 radical (unpaired) electrons. The van der Waals surface area contributed by atoms with Gasteiger partial charge in [-0.05, 0) is 23.8 Å². The van der Waals surface area contributed by atoms with Gasteiger partial charge in [-0.3, -0.25) is 0 Å². The summed E-state index contributed by atoms with van der Waals surface area (Å²) >= 11 is 0. The van der Waals surface area contributed by atoms with Crippen molar-refractivity contribution >= 4 is 17.6 Å². The van der Waals surface area contributed by atoms with E-state index in [1.165, 1.54) is 0 Å². The van der Waals surface area contributed by atoms with E-state index in [9.17, 15) is 10.1 Å². The maximum atomic E-state index is 12.9. The van der Waals surface area contributed by atoms with Crippen LogP contribution in [-0.2, 0) is 16.1 Å². The molecule has 3 aromatic carbocycles. The highest BCUT2D eigenvalue weighted by Crippen LogP contribution is 2.26. The van der Waals surface area contributed by atoms with Crippen LogP contribution in [0.3, 0.4) is 0 Å². The van der Waals surface area contributed by atoms with Gasteiger partial charge < -0.3 is 9.47 Å². The molecule has 0 aromatic heterocycles. The Balaban J connectivity index is 1.92. The highest BCUT2D eigenvalue weighted by atomic mass is 16.5. The predicted molar refractivity (Wildman–Crippen MR) is 108 cm³/mol. The molecule has 28 heavy (non-hydrogen) atoms. The van der Waals surface area contributed by atoms with E-state index in [4.69, 9.17) is 9.47 Å². The molecule has 0 aliphatic carbocycles.